The van der Waals surface area contributed by atoms with Gasteiger partial charge >= 0.3 is 0 Å². The standard InChI is InChI=1S/C12H17NO2S/c1-2-10-4-3-5-11(8-10)13-12-6-7-16(14,15)9-12/h3-5,8,12-13H,2,6-7,9H2,1H3. The first-order chi connectivity index (χ1) is 7.59. The van der Waals surface area contributed by atoms with Gasteiger partial charge in [0, 0.05) is 11.7 Å². The lowest BCUT2D eigenvalue weighted by Crippen LogP contribution is -2.20. The fourth-order valence-electron chi connectivity index (χ4n) is 2.03. The fraction of sp³-hybridized carbons (Fsp3) is 0.500. The minimum Gasteiger partial charge on any atom is -0.381 e. The van der Waals surface area contributed by atoms with Gasteiger partial charge < -0.3 is 5.32 Å². The number of nitrogens with one attached hydrogen (secondary N) is 1. The van der Waals surface area contributed by atoms with Crippen LogP contribution in [0.1, 0.15) is 18.9 Å². The van der Waals surface area contributed by atoms with Crippen molar-refractivity contribution in [1.82, 2.24) is 0 Å². The molecule has 1 atom stereocenters. The van der Waals surface area contributed by atoms with Gasteiger partial charge in [-0.25, -0.2) is 8.42 Å². The van der Waals surface area contributed by atoms with Crippen molar-refractivity contribution >= 4 is 15.5 Å². The summed E-state index contributed by atoms with van der Waals surface area (Å²) >= 11 is 0. The zero-order chi connectivity index (χ0) is 11.6. The first kappa shape index (κ1) is 11.5. The quantitative estimate of drug-likeness (QED) is 0.875. The number of rotatable bonds is 3. The van der Waals surface area contributed by atoms with Crippen molar-refractivity contribution in [3.05, 3.63) is 29.8 Å². The molecule has 0 spiro atoms. The largest absolute Gasteiger partial charge is 0.381 e. The topological polar surface area (TPSA) is 46.2 Å². The molecule has 0 radical (unpaired) electrons. The summed E-state index contributed by atoms with van der Waals surface area (Å²) in [5.74, 6) is 0.585. The molecule has 1 unspecified atom stereocenters. The first-order valence-electron chi connectivity index (χ1n) is 5.65. The Morgan fingerprint density at radius 3 is 2.88 bits per heavy atom. The molecule has 1 aliphatic heterocycles. The van der Waals surface area contributed by atoms with E-state index in [0.29, 0.717) is 5.75 Å². The second-order valence-electron chi connectivity index (χ2n) is 4.30. The van der Waals surface area contributed by atoms with Gasteiger partial charge in [0.2, 0.25) is 0 Å². The number of anilines is 1. The SMILES string of the molecule is CCc1cccc(NC2CCS(=O)(=O)C2)c1. The van der Waals surface area contributed by atoms with Gasteiger partial charge in [-0.2, -0.15) is 0 Å². The van der Waals surface area contributed by atoms with E-state index in [1.54, 1.807) is 0 Å². The van der Waals surface area contributed by atoms with Gasteiger partial charge in [0.15, 0.2) is 9.84 Å². The summed E-state index contributed by atoms with van der Waals surface area (Å²) in [6.45, 7) is 2.11. The van der Waals surface area contributed by atoms with Gasteiger partial charge in [-0.3, -0.25) is 0 Å². The average Bonchev–Trinajstić information content (AvgIpc) is 2.58. The molecule has 1 aromatic carbocycles. The van der Waals surface area contributed by atoms with Gasteiger partial charge in [0.05, 0.1) is 11.5 Å². The molecule has 1 aliphatic rings. The molecular formula is C12H17NO2S. The fourth-order valence-corrected chi connectivity index (χ4v) is 3.70. The highest BCUT2D eigenvalue weighted by Crippen LogP contribution is 2.18. The maximum Gasteiger partial charge on any atom is 0.152 e. The molecule has 88 valence electrons. The second-order valence-corrected chi connectivity index (χ2v) is 6.53. The summed E-state index contributed by atoms with van der Waals surface area (Å²) in [4.78, 5) is 0. The maximum atomic E-state index is 11.3. The molecule has 1 heterocycles. The first-order valence-corrected chi connectivity index (χ1v) is 7.47. The highest BCUT2D eigenvalue weighted by atomic mass is 32.2. The minimum absolute atomic E-state index is 0.0807. The Bertz CT molecular complexity index is 468. The summed E-state index contributed by atoms with van der Waals surface area (Å²) in [5, 5.41) is 3.29. The smallest absolute Gasteiger partial charge is 0.152 e. The van der Waals surface area contributed by atoms with Gasteiger partial charge in [0.25, 0.3) is 0 Å². The summed E-state index contributed by atoms with van der Waals surface area (Å²) in [5.41, 5.74) is 2.30. The molecule has 1 saturated heterocycles. The maximum absolute atomic E-state index is 11.3. The van der Waals surface area contributed by atoms with Crippen molar-refractivity contribution in [2.45, 2.75) is 25.8 Å². The molecule has 16 heavy (non-hydrogen) atoms. The normalized spacial score (nSPS) is 23.2. The van der Waals surface area contributed by atoms with E-state index < -0.39 is 9.84 Å². The highest BCUT2D eigenvalue weighted by molar-refractivity contribution is 7.91. The van der Waals surface area contributed by atoms with E-state index in [1.807, 2.05) is 12.1 Å². The molecule has 1 N–H and O–H groups in total. The van der Waals surface area contributed by atoms with Crippen molar-refractivity contribution < 1.29 is 8.42 Å². The van der Waals surface area contributed by atoms with Crippen molar-refractivity contribution in [3.8, 4) is 0 Å². The van der Waals surface area contributed by atoms with Crippen LogP contribution in [0.3, 0.4) is 0 Å². The lowest BCUT2D eigenvalue weighted by atomic mass is 10.1. The number of benzene rings is 1. The lowest BCUT2D eigenvalue weighted by Gasteiger charge is -2.12. The molecule has 0 bridgehead atoms. The third-order valence-electron chi connectivity index (χ3n) is 2.94. The number of aryl methyl sites for hydroxylation is 1. The molecule has 0 aliphatic carbocycles. The Balaban J connectivity index is 2.04. The number of hydrogen-bond donors (Lipinski definition) is 1. The molecule has 3 nitrogen and oxygen atoms in total. The predicted octanol–water partition coefficient (Wildman–Crippen LogP) is 1.85. The van der Waals surface area contributed by atoms with E-state index in [2.05, 4.69) is 24.4 Å². The van der Waals surface area contributed by atoms with E-state index in [1.165, 1.54) is 5.56 Å². The molecule has 1 aromatic rings. The van der Waals surface area contributed by atoms with E-state index >= 15 is 0 Å². The van der Waals surface area contributed by atoms with Crippen LogP contribution >= 0.6 is 0 Å². The summed E-state index contributed by atoms with van der Waals surface area (Å²) in [7, 11) is -2.79. The van der Waals surface area contributed by atoms with E-state index in [-0.39, 0.29) is 11.8 Å². The van der Waals surface area contributed by atoms with Crippen LogP contribution < -0.4 is 5.32 Å². The Morgan fingerprint density at radius 1 is 1.44 bits per heavy atom. The van der Waals surface area contributed by atoms with Gasteiger partial charge in [0.1, 0.15) is 0 Å². The molecule has 0 amide bonds. The molecule has 1 fully saturated rings. The number of sulfone groups is 1. The van der Waals surface area contributed by atoms with Crippen molar-refractivity contribution in [3.63, 3.8) is 0 Å². The van der Waals surface area contributed by atoms with Gasteiger partial charge in [-0.1, -0.05) is 19.1 Å². The van der Waals surface area contributed by atoms with Crippen LogP contribution in [0.2, 0.25) is 0 Å². The Kier molecular flexibility index (Phi) is 3.19. The third-order valence-corrected chi connectivity index (χ3v) is 4.71. The Morgan fingerprint density at radius 2 is 2.25 bits per heavy atom. The zero-order valence-electron chi connectivity index (χ0n) is 9.44. The van der Waals surface area contributed by atoms with Gasteiger partial charge in [-0.15, -0.1) is 0 Å². The summed E-state index contributed by atoms with van der Waals surface area (Å²) < 4.78 is 22.6. The van der Waals surface area contributed by atoms with Crippen LogP contribution in [0.15, 0.2) is 24.3 Å². The molecule has 2 rings (SSSR count). The van der Waals surface area contributed by atoms with Crippen molar-refractivity contribution in [2.75, 3.05) is 16.8 Å². The summed E-state index contributed by atoms with van der Waals surface area (Å²) in [6.07, 6.45) is 1.72. The molecular weight excluding hydrogens is 222 g/mol. The van der Waals surface area contributed by atoms with Crippen LogP contribution in [0, 0.1) is 0 Å². The minimum atomic E-state index is -2.79. The lowest BCUT2D eigenvalue weighted by molar-refractivity contribution is 0.602. The van der Waals surface area contributed by atoms with Crippen LogP contribution in [0.4, 0.5) is 5.69 Å². The van der Waals surface area contributed by atoms with Gasteiger partial charge in [-0.05, 0) is 30.5 Å². The zero-order valence-corrected chi connectivity index (χ0v) is 10.3. The molecule has 0 saturated carbocycles. The monoisotopic (exact) mass is 239 g/mol. The highest BCUT2D eigenvalue weighted by Gasteiger charge is 2.27. The van der Waals surface area contributed by atoms with Crippen molar-refractivity contribution in [1.29, 1.82) is 0 Å². The third kappa shape index (κ3) is 2.76. The molecule has 4 heteroatoms. The number of hydrogen-bond acceptors (Lipinski definition) is 3. The Hall–Kier alpha value is -1.03. The van der Waals surface area contributed by atoms with Crippen LogP contribution in [0.5, 0.6) is 0 Å². The predicted molar refractivity (Wildman–Crippen MR) is 66.5 cm³/mol. The van der Waals surface area contributed by atoms with Crippen molar-refractivity contribution in [2.24, 2.45) is 0 Å². The van der Waals surface area contributed by atoms with Crippen LogP contribution in [-0.2, 0) is 16.3 Å². The Labute approximate surface area is 96.8 Å². The average molecular weight is 239 g/mol. The molecule has 0 aromatic heterocycles. The van der Waals surface area contributed by atoms with Crippen LogP contribution in [-0.4, -0.2) is 26.0 Å². The second kappa shape index (κ2) is 4.45. The van der Waals surface area contributed by atoms with E-state index in [9.17, 15) is 8.42 Å². The van der Waals surface area contributed by atoms with Crippen LogP contribution in [0.25, 0.3) is 0 Å². The summed E-state index contributed by atoms with van der Waals surface area (Å²) in [6, 6.07) is 8.24. The van der Waals surface area contributed by atoms with E-state index in [4.69, 9.17) is 0 Å². The van der Waals surface area contributed by atoms with E-state index in [0.717, 1.165) is 18.5 Å².